The minimum absolute atomic E-state index is 0.616. The lowest BCUT2D eigenvalue weighted by atomic mass is 10.2. The van der Waals surface area contributed by atoms with Gasteiger partial charge in [-0.2, -0.15) is 0 Å². The molecular weight excluding hydrogens is 224 g/mol. The van der Waals surface area contributed by atoms with Crippen LogP contribution >= 0.6 is 0 Å². The number of nitrogens with zero attached hydrogens (tertiary/aromatic N) is 2. The molecule has 0 aliphatic carbocycles. The molecule has 0 aromatic rings. The van der Waals surface area contributed by atoms with E-state index in [-0.39, 0.29) is 0 Å². The third-order valence-corrected chi connectivity index (χ3v) is 3.10. The standard InChI is InChI=1S/C14H30N4/c1-4-15-14(17-12-13(2)3)16-8-7-11-18-9-5-6-10-18/h13H,4-12H2,1-3H3,(H2,15,16,17). The quantitative estimate of drug-likeness (QED) is 0.412. The molecule has 0 bridgehead atoms. The van der Waals surface area contributed by atoms with Gasteiger partial charge in [-0.1, -0.05) is 13.8 Å². The summed E-state index contributed by atoms with van der Waals surface area (Å²) in [5.41, 5.74) is 0. The second-order valence-corrected chi connectivity index (χ2v) is 5.44. The van der Waals surface area contributed by atoms with E-state index in [0.717, 1.165) is 25.6 Å². The van der Waals surface area contributed by atoms with Crippen LogP contribution in [0.25, 0.3) is 0 Å². The summed E-state index contributed by atoms with van der Waals surface area (Å²) in [6.45, 7) is 13.1. The predicted octanol–water partition coefficient (Wildman–Crippen LogP) is 1.68. The average molecular weight is 254 g/mol. The van der Waals surface area contributed by atoms with Crippen molar-refractivity contribution in [2.45, 2.75) is 40.0 Å². The number of likely N-dealkylation sites (tertiary alicyclic amines) is 1. The first-order chi connectivity index (χ1) is 8.72. The molecule has 0 radical (unpaired) electrons. The van der Waals surface area contributed by atoms with E-state index in [0.29, 0.717) is 5.92 Å². The molecule has 1 fully saturated rings. The van der Waals surface area contributed by atoms with Gasteiger partial charge in [-0.25, -0.2) is 0 Å². The van der Waals surface area contributed by atoms with Crippen LogP contribution in [-0.2, 0) is 0 Å². The molecule has 0 aromatic heterocycles. The van der Waals surface area contributed by atoms with E-state index in [4.69, 9.17) is 0 Å². The molecule has 4 heteroatoms. The molecule has 4 nitrogen and oxygen atoms in total. The van der Waals surface area contributed by atoms with Crippen LogP contribution in [0.3, 0.4) is 0 Å². The van der Waals surface area contributed by atoms with E-state index in [1.54, 1.807) is 0 Å². The number of hydrogen-bond donors (Lipinski definition) is 2. The van der Waals surface area contributed by atoms with Crippen molar-refractivity contribution in [1.29, 1.82) is 0 Å². The normalized spacial score (nSPS) is 17.4. The smallest absolute Gasteiger partial charge is 0.191 e. The first kappa shape index (κ1) is 15.3. The second kappa shape index (κ2) is 9.20. The van der Waals surface area contributed by atoms with E-state index in [1.807, 2.05) is 0 Å². The summed E-state index contributed by atoms with van der Waals surface area (Å²) in [4.78, 5) is 7.12. The Morgan fingerprint density at radius 2 is 1.94 bits per heavy atom. The van der Waals surface area contributed by atoms with Crippen molar-refractivity contribution in [3.05, 3.63) is 0 Å². The fourth-order valence-electron chi connectivity index (χ4n) is 2.13. The zero-order valence-electron chi connectivity index (χ0n) is 12.3. The minimum atomic E-state index is 0.616. The molecule has 1 heterocycles. The molecule has 0 atom stereocenters. The summed E-state index contributed by atoms with van der Waals surface area (Å²) in [7, 11) is 0. The lowest BCUT2D eigenvalue weighted by Gasteiger charge is -2.16. The zero-order chi connectivity index (χ0) is 13.2. The molecule has 2 N–H and O–H groups in total. The van der Waals surface area contributed by atoms with Gasteiger partial charge in [-0.3, -0.25) is 4.99 Å². The van der Waals surface area contributed by atoms with Crippen LogP contribution in [-0.4, -0.2) is 50.1 Å². The van der Waals surface area contributed by atoms with Gasteiger partial charge in [0.25, 0.3) is 0 Å². The van der Waals surface area contributed by atoms with Crippen molar-refractivity contribution >= 4 is 5.96 Å². The highest BCUT2D eigenvalue weighted by atomic mass is 15.2. The van der Waals surface area contributed by atoms with Crippen LogP contribution in [0, 0.1) is 5.92 Å². The third kappa shape index (κ3) is 6.84. The Labute approximate surface area is 112 Å². The zero-order valence-corrected chi connectivity index (χ0v) is 12.3. The predicted molar refractivity (Wildman–Crippen MR) is 79.1 cm³/mol. The second-order valence-electron chi connectivity index (χ2n) is 5.44. The highest BCUT2D eigenvalue weighted by Crippen LogP contribution is 2.06. The molecule has 0 amide bonds. The van der Waals surface area contributed by atoms with Gasteiger partial charge in [0.1, 0.15) is 0 Å². The van der Waals surface area contributed by atoms with Crippen molar-refractivity contribution < 1.29 is 0 Å². The van der Waals surface area contributed by atoms with Gasteiger partial charge in [0, 0.05) is 19.6 Å². The summed E-state index contributed by atoms with van der Waals surface area (Å²) < 4.78 is 0. The van der Waals surface area contributed by atoms with Crippen molar-refractivity contribution in [2.75, 3.05) is 39.3 Å². The van der Waals surface area contributed by atoms with Gasteiger partial charge >= 0.3 is 0 Å². The molecule has 106 valence electrons. The third-order valence-electron chi connectivity index (χ3n) is 3.10. The number of hydrogen-bond acceptors (Lipinski definition) is 2. The fourth-order valence-corrected chi connectivity index (χ4v) is 2.13. The summed E-state index contributed by atoms with van der Waals surface area (Å²) in [5.74, 6) is 1.58. The summed E-state index contributed by atoms with van der Waals surface area (Å²) in [6.07, 6.45) is 3.96. The summed E-state index contributed by atoms with van der Waals surface area (Å²) in [6, 6.07) is 0. The highest BCUT2D eigenvalue weighted by molar-refractivity contribution is 5.79. The average Bonchev–Trinajstić information content (AvgIpc) is 2.84. The number of guanidine groups is 1. The van der Waals surface area contributed by atoms with Crippen LogP contribution in [0.15, 0.2) is 4.99 Å². The lowest BCUT2D eigenvalue weighted by molar-refractivity contribution is 0.334. The first-order valence-corrected chi connectivity index (χ1v) is 7.47. The molecule has 1 saturated heterocycles. The molecule has 0 saturated carbocycles. The molecule has 18 heavy (non-hydrogen) atoms. The van der Waals surface area contributed by atoms with E-state index in [2.05, 4.69) is 41.3 Å². The van der Waals surface area contributed by atoms with E-state index in [9.17, 15) is 0 Å². The molecule has 1 rings (SSSR count). The maximum Gasteiger partial charge on any atom is 0.191 e. The summed E-state index contributed by atoms with van der Waals surface area (Å²) in [5, 5.41) is 6.70. The molecule has 0 spiro atoms. The van der Waals surface area contributed by atoms with Gasteiger partial charge in [-0.05, 0) is 51.7 Å². The van der Waals surface area contributed by atoms with Crippen LogP contribution < -0.4 is 10.6 Å². The van der Waals surface area contributed by atoms with Crippen molar-refractivity contribution in [3.8, 4) is 0 Å². The number of aliphatic imine (C=N–C) groups is 1. The molecular formula is C14H30N4. The van der Waals surface area contributed by atoms with E-state index < -0.39 is 0 Å². The Morgan fingerprint density at radius 3 is 2.56 bits per heavy atom. The number of nitrogens with one attached hydrogen (secondary N) is 2. The van der Waals surface area contributed by atoms with Gasteiger partial charge < -0.3 is 15.5 Å². The monoisotopic (exact) mass is 254 g/mol. The SMILES string of the molecule is CCNC(=NCC(C)C)NCCCN1CCCC1. The van der Waals surface area contributed by atoms with Crippen LogP contribution in [0.5, 0.6) is 0 Å². The molecule has 0 unspecified atom stereocenters. The van der Waals surface area contributed by atoms with Gasteiger partial charge in [0.05, 0.1) is 0 Å². The fraction of sp³-hybridized carbons (Fsp3) is 0.929. The first-order valence-electron chi connectivity index (χ1n) is 7.47. The minimum Gasteiger partial charge on any atom is -0.357 e. The summed E-state index contributed by atoms with van der Waals surface area (Å²) >= 11 is 0. The Morgan fingerprint density at radius 1 is 1.22 bits per heavy atom. The Balaban J connectivity index is 2.13. The van der Waals surface area contributed by atoms with Crippen LogP contribution in [0.1, 0.15) is 40.0 Å². The lowest BCUT2D eigenvalue weighted by Crippen LogP contribution is -2.39. The molecule has 1 aliphatic heterocycles. The van der Waals surface area contributed by atoms with Crippen molar-refractivity contribution in [2.24, 2.45) is 10.9 Å². The van der Waals surface area contributed by atoms with Gasteiger partial charge in [0.2, 0.25) is 0 Å². The molecule has 1 aliphatic rings. The number of rotatable bonds is 7. The van der Waals surface area contributed by atoms with Crippen molar-refractivity contribution in [1.82, 2.24) is 15.5 Å². The largest absolute Gasteiger partial charge is 0.357 e. The Bertz CT molecular complexity index is 232. The Hall–Kier alpha value is -0.770. The van der Waals surface area contributed by atoms with E-state index in [1.165, 1.54) is 38.9 Å². The maximum atomic E-state index is 4.56. The topological polar surface area (TPSA) is 39.7 Å². The van der Waals surface area contributed by atoms with E-state index >= 15 is 0 Å². The molecule has 0 aromatic carbocycles. The van der Waals surface area contributed by atoms with Crippen molar-refractivity contribution in [3.63, 3.8) is 0 Å². The van der Waals surface area contributed by atoms with Gasteiger partial charge in [0.15, 0.2) is 5.96 Å². The Kier molecular flexibility index (Phi) is 7.81. The highest BCUT2D eigenvalue weighted by Gasteiger charge is 2.10. The van der Waals surface area contributed by atoms with Crippen LogP contribution in [0.4, 0.5) is 0 Å². The maximum absolute atomic E-state index is 4.56. The van der Waals surface area contributed by atoms with Gasteiger partial charge in [-0.15, -0.1) is 0 Å². The van der Waals surface area contributed by atoms with Crippen LogP contribution in [0.2, 0.25) is 0 Å².